The van der Waals surface area contributed by atoms with Crippen LogP contribution in [-0.2, 0) is 14.3 Å². The van der Waals surface area contributed by atoms with Crippen LogP contribution in [0.5, 0.6) is 0 Å². The first kappa shape index (κ1) is 41.1. The summed E-state index contributed by atoms with van der Waals surface area (Å²) in [5.41, 5.74) is 0. The molecular weight excluding hydrogens is 520 g/mol. The summed E-state index contributed by atoms with van der Waals surface area (Å²) in [6.07, 6.45) is 41.1. The highest BCUT2D eigenvalue weighted by molar-refractivity contribution is 5.69. The van der Waals surface area contributed by atoms with Crippen LogP contribution in [0.3, 0.4) is 0 Å². The molecule has 0 radical (unpaired) electrons. The van der Waals surface area contributed by atoms with Crippen molar-refractivity contribution < 1.29 is 19.4 Å². The Kier molecular flexibility index (Phi) is 35.6. The first-order chi connectivity index (χ1) is 20.7. The van der Waals surface area contributed by atoms with Crippen molar-refractivity contribution in [1.29, 1.82) is 0 Å². The molecule has 1 atom stereocenters. The van der Waals surface area contributed by atoms with E-state index in [2.05, 4.69) is 26.0 Å². The normalized spacial score (nSPS) is 12.4. The molecule has 1 N–H and O–H groups in total. The van der Waals surface area contributed by atoms with Crippen LogP contribution >= 0.6 is 0 Å². The van der Waals surface area contributed by atoms with Gasteiger partial charge in [-0.2, -0.15) is 0 Å². The first-order valence-corrected chi connectivity index (χ1v) is 18.8. The Labute approximate surface area is 263 Å². The van der Waals surface area contributed by atoms with Gasteiger partial charge in [0.05, 0.1) is 13.2 Å². The molecule has 0 rings (SSSR count). The lowest BCUT2D eigenvalue weighted by atomic mass is 10.0. The maximum atomic E-state index is 12.1. The van der Waals surface area contributed by atoms with Gasteiger partial charge in [-0.15, -0.1) is 0 Å². The molecule has 0 spiro atoms. The van der Waals surface area contributed by atoms with Gasteiger partial charge in [-0.3, -0.25) is 4.79 Å². The SMILES string of the molecule is CCCCCCCC/C=C\CCCCCCCC(=O)OC(CO)COCCCCCCCCCCCCCCCCC. The van der Waals surface area contributed by atoms with E-state index in [0.29, 0.717) is 19.6 Å². The van der Waals surface area contributed by atoms with E-state index in [-0.39, 0.29) is 12.6 Å². The molecule has 0 bridgehead atoms. The lowest BCUT2D eigenvalue weighted by Crippen LogP contribution is -2.27. The zero-order chi connectivity index (χ0) is 30.6. The van der Waals surface area contributed by atoms with Crippen molar-refractivity contribution in [2.24, 2.45) is 0 Å². The molecule has 0 aliphatic heterocycles. The van der Waals surface area contributed by atoms with Crippen LogP contribution in [0, 0.1) is 0 Å². The maximum absolute atomic E-state index is 12.1. The van der Waals surface area contributed by atoms with Crippen LogP contribution in [0.2, 0.25) is 0 Å². The summed E-state index contributed by atoms with van der Waals surface area (Å²) in [5, 5.41) is 9.55. The summed E-state index contributed by atoms with van der Waals surface area (Å²) in [7, 11) is 0. The highest BCUT2D eigenvalue weighted by Crippen LogP contribution is 2.14. The van der Waals surface area contributed by atoms with Crippen LogP contribution < -0.4 is 0 Å². The predicted octanol–water partition coefficient (Wildman–Crippen LogP) is 11.8. The van der Waals surface area contributed by atoms with Gasteiger partial charge in [0.15, 0.2) is 0 Å². The van der Waals surface area contributed by atoms with Crippen molar-refractivity contribution in [3.05, 3.63) is 12.2 Å². The number of aliphatic hydroxyl groups is 1. The third-order valence-corrected chi connectivity index (χ3v) is 8.34. The van der Waals surface area contributed by atoms with E-state index in [1.54, 1.807) is 0 Å². The van der Waals surface area contributed by atoms with Crippen molar-refractivity contribution in [3.63, 3.8) is 0 Å². The molecule has 0 aliphatic rings. The second kappa shape index (κ2) is 36.3. The Morgan fingerprint density at radius 3 is 1.36 bits per heavy atom. The summed E-state index contributed by atoms with van der Waals surface area (Å²) in [4.78, 5) is 12.1. The maximum Gasteiger partial charge on any atom is 0.306 e. The second-order valence-electron chi connectivity index (χ2n) is 12.7. The number of allylic oxidation sites excluding steroid dienone is 2. The first-order valence-electron chi connectivity index (χ1n) is 18.8. The fourth-order valence-electron chi connectivity index (χ4n) is 5.50. The zero-order valence-corrected chi connectivity index (χ0v) is 28.5. The van der Waals surface area contributed by atoms with E-state index in [1.807, 2.05) is 0 Å². The van der Waals surface area contributed by atoms with Gasteiger partial charge in [0.25, 0.3) is 0 Å². The van der Waals surface area contributed by atoms with E-state index >= 15 is 0 Å². The molecule has 250 valence electrons. The number of hydrogen-bond donors (Lipinski definition) is 1. The van der Waals surface area contributed by atoms with Crippen molar-refractivity contribution >= 4 is 5.97 Å². The van der Waals surface area contributed by atoms with E-state index in [9.17, 15) is 9.90 Å². The molecule has 1 unspecified atom stereocenters. The molecule has 4 nitrogen and oxygen atoms in total. The predicted molar refractivity (Wildman–Crippen MR) is 182 cm³/mol. The minimum absolute atomic E-state index is 0.170. The number of aliphatic hydroxyl groups excluding tert-OH is 1. The van der Waals surface area contributed by atoms with Gasteiger partial charge in [-0.05, 0) is 38.5 Å². The third kappa shape index (κ3) is 33.6. The highest BCUT2D eigenvalue weighted by Gasteiger charge is 2.13. The van der Waals surface area contributed by atoms with E-state index in [4.69, 9.17) is 9.47 Å². The van der Waals surface area contributed by atoms with E-state index in [0.717, 1.165) is 19.3 Å². The minimum Gasteiger partial charge on any atom is -0.457 e. The number of hydrogen-bond acceptors (Lipinski definition) is 4. The Hall–Kier alpha value is -0.870. The smallest absolute Gasteiger partial charge is 0.306 e. The molecule has 0 saturated carbocycles. The molecule has 42 heavy (non-hydrogen) atoms. The van der Waals surface area contributed by atoms with Gasteiger partial charge in [0, 0.05) is 13.0 Å². The number of rotatable bonds is 35. The van der Waals surface area contributed by atoms with Crippen LogP contribution in [0.15, 0.2) is 12.2 Å². The average molecular weight is 595 g/mol. The molecule has 0 aliphatic carbocycles. The molecule has 0 fully saturated rings. The lowest BCUT2D eigenvalue weighted by molar-refractivity contribution is -0.154. The molecule has 4 heteroatoms. The lowest BCUT2D eigenvalue weighted by Gasteiger charge is -2.15. The van der Waals surface area contributed by atoms with Crippen molar-refractivity contribution in [2.45, 2.75) is 206 Å². The fraction of sp³-hybridized carbons (Fsp3) is 0.921. The largest absolute Gasteiger partial charge is 0.457 e. The van der Waals surface area contributed by atoms with Gasteiger partial charge in [-0.25, -0.2) is 0 Å². The van der Waals surface area contributed by atoms with Gasteiger partial charge in [-0.1, -0.05) is 167 Å². The van der Waals surface area contributed by atoms with Crippen LogP contribution in [0.25, 0.3) is 0 Å². The van der Waals surface area contributed by atoms with Crippen molar-refractivity contribution in [2.75, 3.05) is 19.8 Å². The molecule has 0 amide bonds. The Bertz CT molecular complexity index is 547. The molecule has 0 heterocycles. The monoisotopic (exact) mass is 595 g/mol. The summed E-state index contributed by atoms with van der Waals surface area (Å²) >= 11 is 0. The second-order valence-corrected chi connectivity index (χ2v) is 12.7. The number of unbranched alkanes of at least 4 members (excludes halogenated alkanes) is 25. The average Bonchev–Trinajstić information content (AvgIpc) is 3.00. The van der Waals surface area contributed by atoms with Gasteiger partial charge in [0.1, 0.15) is 6.10 Å². The summed E-state index contributed by atoms with van der Waals surface area (Å²) < 4.78 is 11.1. The molecule has 0 aromatic heterocycles. The van der Waals surface area contributed by atoms with Crippen LogP contribution in [0.1, 0.15) is 200 Å². The third-order valence-electron chi connectivity index (χ3n) is 8.34. The van der Waals surface area contributed by atoms with E-state index in [1.165, 1.54) is 161 Å². The number of ether oxygens (including phenoxy) is 2. The van der Waals surface area contributed by atoms with Crippen molar-refractivity contribution in [3.8, 4) is 0 Å². The van der Waals surface area contributed by atoms with E-state index < -0.39 is 6.10 Å². The van der Waals surface area contributed by atoms with Gasteiger partial charge >= 0.3 is 5.97 Å². The summed E-state index contributed by atoms with van der Waals surface area (Å²) in [6, 6.07) is 0. The standard InChI is InChI=1S/C38H74O4/c1-3-5-7-9-11-13-15-17-19-21-23-25-27-29-31-33-38(40)42-37(35-39)36-41-34-32-30-28-26-24-22-20-18-16-14-12-10-8-6-4-2/h17,19,37,39H,3-16,18,20-36H2,1-2H3/b19-17-. The fourth-order valence-corrected chi connectivity index (χ4v) is 5.50. The molecule has 0 aromatic carbocycles. The Morgan fingerprint density at radius 2 is 0.929 bits per heavy atom. The van der Waals surface area contributed by atoms with Crippen LogP contribution in [0.4, 0.5) is 0 Å². The summed E-state index contributed by atoms with van der Waals surface area (Å²) in [6.45, 7) is 5.36. The molecule has 0 aromatic rings. The van der Waals surface area contributed by atoms with Gasteiger partial charge in [0.2, 0.25) is 0 Å². The molecular formula is C38H74O4. The summed E-state index contributed by atoms with van der Waals surface area (Å²) in [5.74, 6) is -0.206. The number of carbonyl (C=O) groups excluding carboxylic acids is 1. The quantitative estimate of drug-likeness (QED) is 0.0450. The Morgan fingerprint density at radius 1 is 0.548 bits per heavy atom. The highest BCUT2D eigenvalue weighted by atomic mass is 16.6. The zero-order valence-electron chi connectivity index (χ0n) is 28.5. The minimum atomic E-state index is -0.531. The number of esters is 1. The Balaban J connectivity index is 3.42. The van der Waals surface area contributed by atoms with Gasteiger partial charge < -0.3 is 14.6 Å². The van der Waals surface area contributed by atoms with Crippen molar-refractivity contribution in [1.82, 2.24) is 0 Å². The number of carbonyl (C=O) groups is 1. The van der Waals surface area contributed by atoms with Crippen LogP contribution in [-0.4, -0.2) is 37.0 Å². The topological polar surface area (TPSA) is 55.8 Å². The molecule has 0 saturated heterocycles.